The number of rotatable bonds is 3. The third-order valence-electron chi connectivity index (χ3n) is 3.64. The van der Waals surface area contributed by atoms with E-state index in [1.807, 2.05) is 66.1 Å². The van der Waals surface area contributed by atoms with Crippen LogP contribution in [-0.4, -0.2) is 14.5 Å². The van der Waals surface area contributed by atoms with Crippen molar-refractivity contribution in [3.05, 3.63) is 87.4 Å². The van der Waals surface area contributed by atoms with Crippen molar-refractivity contribution in [1.29, 1.82) is 0 Å². The number of para-hydroxylation sites is 2. The molecule has 2 heterocycles. The van der Waals surface area contributed by atoms with Gasteiger partial charge in [-0.05, 0) is 36.4 Å². The Balaban J connectivity index is 1.98. The van der Waals surface area contributed by atoms with E-state index in [1.54, 1.807) is 16.8 Å². The van der Waals surface area contributed by atoms with E-state index < -0.39 is 0 Å². The van der Waals surface area contributed by atoms with E-state index in [1.165, 1.54) is 11.3 Å². The van der Waals surface area contributed by atoms with Crippen molar-refractivity contribution in [2.24, 2.45) is 0 Å². The van der Waals surface area contributed by atoms with Gasteiger partial charge in [0, 0.05) is 11.6 Å². The number of thiazole rings is 1. The Morgan fingerprint density at radius 2 is 1.75 bits per heavy atom. The summed E-state index contributed by atoms with van der Waals surface area (Å²) in [6, 6.07) is 16.9. The van der Waals surface area contributed by atoms with Crippen molar-refractivity contribution in [3.8, 4) is 5.69 Å². The highest BCUT2D eigenvalue weighted by Gasteiger charge is 2.10. The molecule has 2 aromatic heterocycles. The minimum absolute atomic E-state index is 0.0782. The van der Waals surface area contributed by atoms with E-state index in [0.29, 0.717) is 16.7 Å². The number of nitrogens with zero attached hydrogens (tertiary/aromatic N) is 3. The first-order chi connectivity index (χ1) is 11.8. The molecule has 0 aliphatic heterocycles. The number of hydrogen-bond donors (Lipinski definition) is 0. The van der Waals surface area contributed by atoms with Crippen LogP contribution in [-0.2, 0) is 0 Å². The number of aromatic nitrogens is 3. The molecule has 24 heavy (non-hydrogen) atoms. The average molecular weight is 331 g/mol. The predicted molar refractivity (Wildman–Crippen MR) is 98.4 cm³/mol. The summed E-state index contributed by atoms with van der Waals surface area (Å²) in [6.07, 6.45) is 5.46. The second kappa shape index (κ2) is 6.22. The van der Waals surface area contributed by atoms with Crippen molar-refractivity contribution in [3.63, 3.8) is 0 Å². The van der Waals surface area contributed by atoms with Crippen molar-refractivity contribution in [2.45, 2.75) is 0 Å². The van der Waals surface area contributed by atoms with Crippen LogP contribution in [0, 0.1) is 0 Å². The van der Waals surface area contributed by atoms with Crippen molar-refractivity contribution in [1.82, 2.24) is 14.5 Å². The molecule has 116 valence electrons. The molecule has 0 saturated carbocycles. The molecule has 4 aromatic rings. The van der Waals surface area contributed by atoms with Gasteiger partial charge in [0.2, 0.25) is 0 Å². The largest absolute Gasteiger partial charge is 0.268 e. The number of benzene rings is 2. The van der Waals surface area contributed by atoms with Crippen LogP contribution in [0.4, 0.5) is 0 Å². The highest BCUT2D eigenvalue weighted by atomic mass is 32.1. The first-order valence-electron chi connectivity index (χ1n) is 7.48. The molecule has 5 heteroatoms. The minimum atomic E-state index is -0.0782. The molecule has 0 atom stereocenters. The van der Waals surface area contributed by atoms with Crippen LogP contribution in [0.15, 0.2) is 71.0 Å². The summed E-state index contributed by atoms with van der Waals surface area (Å²) in [7, 11) is 0. The molecule has 0 radical (unpaired) electrons. The third kappa shape index (κ3) is 2.66. The van der Waals surface area contributed by atoms with E-state index in [0.717, 1.165) is 10.7 Å². The second-order valence-corrected chi connectivity index (χ2v) is 6.09. The van der Waals surface area contributed by atoms with Gasteiger partial charge in [-0.25, -0.2) is 9.97 Å². The third-order valence-corrected chi connectivity index (χ3v) is 4.38. The Morgan fingerprint density at radius 3 is 2.54 bits per heavy atom. The lowest BCUT2D eigenvalue weighted by Crippen LogP contribution is -2.22. The number of fused-ring (bicyclic) bond motifs is 1. The Labute approximate surface area is 142 Å². The Morgan fingerprint density at radius 1 is 0.958 bits per heavy atom. The average Bonchev–Trinajstić information content (AvgIpc) is 3.14. The zero-order valence-electron chi connectivity index (χ0n) is 12.7. The van der Waals surface area contributed by atoms with Gasteiger partial charge in [-0.3, -0.25) is 9.36 Å². The van der Waals surface area contributed by atoms with Gasteiger partial charge in [-0.15, -0.1) is 11.3 Å². The molecule has 0 aliphatic rings. The topological polar surface area (TPSA) is 47.8 Å². The first kappa shape index (κ1) is 14.5. The molecular formula is C19H13N3OS. The lowest BCUT2D eigenvalue weighted by molar-refractivity contribution is 0.944. The molecule has 0 spiro atoms. The smallest absolute Gasteiger partial charge is 0.266 e. The van der Waals surface area contributed by atoms with E-state index in [9.17, 15) is 4.79 Å². The quantitative estimate of drug-likeness (QED) is 0.570. The molecule has 2 aromatic carbocycles. The maximum absolute atomic E-state index is 13.0. The fraction of sp³-hybridized carbons (Fsp3) is 0. The number of hydrogen-bond acceptors (Lipinski definition) is 4. The van der Waals surface area contributed by atoms with Gasteiger partial charge >= 0.3 is 0 Å². The molecule has 0 amide bonds. The van der Waals surface area contributed by atoms with E-state index >= 15 is 0 Å². The van der Waals surface area contributed by atoms with Crippen LogP contribution in [0.25, 0.3) is 28.7 Å². The van der Waals surface area contributed by atoms with E-state index in [-0.39, 0.29) is 5.56 Å². The Kier molecular flexibility index (Phi) is 3.76. The minimum Gasteiger partial charge on any atom is -0.268 e. The van der Waals surface area contributed by atoms with Crippen molar-refractivity contribution in [2.75, 3.05) is 0 Å². The lowest BCUT2D eigenvalue weighted by Gasteiger charge is -2.11. The molecule has 4 rings (SSSR count). The standard InChI is InChI=1S/C19H13N3OS/c23-19-15-8-4-5-9-16(15)21-17(10-11-18-20-12-13-24-18)22(19)14-6-2-1-3-7-14/h1-13H/b11-10+. The van der Waals surface area contributed by atoms with Gasteiger partial charge in [0.1, 0.15) is 10.8 Å². The van der Waals surface area contributed by atoms with Gasteiger partial charge in [0.25, 0.3) is 5.56 Å². The highest BCUT2D eigenvalue weighted by molar-refractivity contribution is 7.10. The van der Waals surface area contributed by atoms with Crippen LogP contribution >= 0.6 is 11.3 Å². The molecule has 0 fully saturated rings. The maximum atomic E-state index is 13.0. The summed E-state index contributed by atoms with van der Waals surface area (Å²) in [5.41, 5.74) is 1.40. The van der Waals surface area contributed by atoms with Crippen LogP contribution in [0.2, 0.25) is 0 Å². The van der Waals surface area contributed by atoms with Crippen LogP contribution < -0.4 is 5.56 Å². The predicted octanol–water partition coefficient (Wildman–Crippen LogP) is 4.01. The summed E-state index contributed by atoms with van der Waals surface area (Å²) in [4.78, 5) is 21.9. The Hall–Kier alpha value is -3.05. The van der Waals surface area contributed by atoms with Crippen LogP contribution in [0.3, 0.4) is 0 Å². The normalized spacial score (nSPS) is 11.3. The fourth-order valence-corrected chi connectivity index (χ4v) is 3.08. The van der Waals surface area contributed by atoms with Crippen molar-refractivity contribution >= 4 is 34.4 Å². The SMILES string of the molecule is O=c1c2ccccc2nc(/C=C/c2nccs2)n1-c1ccccc1. The summed E-state index contributed by atoms with van der Waals surface area (Å²) in [5.74, 6) is 0.583. The Bertz CT molecular complexity index is 1070. The monoisotopic (exact) mass is 331 g/mol. The molecule has 0 bridgehead atoms. The molecule has 4 nitrogen and oxygen atoms in total. The molecule has 0 saturated heterocycles. The van der Waals surface area contributed by atoms with E-state index in [4.69, 9.17) is 0 Å². The zero-order valence-corrected chi connectivity index (χ0v) is 13.5. The van der Waals surface area contributed by atoms with Gasteiger partial charge in [-0.1, -0.05) is 30.3 Å². The zero-order chi connectivity index (χ0) is 16.4. The molecule has 0 aliphatic carbocycles. The maximum Gasteiger partial charge on any atom is 0.266 e. The van der Waals surface area contributed by atoms with Crippen LogP contribution in [0.5, 0.6) is 0 Å². The summed E-state index contributed by atoms with van der Waals surface area (Å²) in [5, 5.41) is 3.39. The summed E-state index contributed by atoms with van der Waals surface area (Å²) in [6.45, 7) is 0. The van der Waals surface area contributed by atoms with Gasteiger partial charge in [0.05, 0.1) is 16.6 Å². The fourth-order valence-electron chi connectivity index (χ4n) is 2.55. The molecule has 0 N–H and O–H groups in total. The summed E-state index contributed by atoms with van der Waals surface area (Å²) < 4.78 is 1.63. The summed E-state index contributed by atoms with van der Waals surface area (Å²) >= 11 is 1.54. The molecular weight excluding hydrogens is 318 g/mol. The first-order valence-corrected chi connectivity index (χ1v) is 8.36. The van der Waals surface area contributed by atoms with Crippen LogP contribution in [0.1, 0.15) is 10.8 Å². The highest BCUT2D eigenvalue weighted by Crippen LogP contribution is 2.15. The second-order valence-electron chi connectivity index (χ2n) is 5.17. The molecule has 0 unspecified atom stereocenters. The van der Waals surface area contributed by atoms with Gasteiger partial charge in [0.15, 0.2) is 0 Å². The van der Waals surface area contributed by atoms with E-state index in [2.05, 4.69) is 9.97 Å². The van der Waals surface area contributed by atoms with Gasteiger partial charge < -0.3 is 0 Å². The lowest BCUT2D eigenvalue weighted by atomic mass is 10.2. The van der Waals surface area contributed by atoms with Gasteiger partial charge in [-0.2, -0.15) is 0 Å². The van der Waals surface area contributed by atoms with Crippen molar-refractivity contribution < 1.29 is 0 Å².